The molecule has 0 aromatic carbocycles. The Balaban J connectivity index is 2.41. The molecule has 1 aliphatic carbocycles. The Morgan fingerprint density at radius 1 is 1.31 bits per heavy atom. The van der Waals surface area contributed by atoms with E-state index in [2.05, 4.69) is 12.2 Å². The van der Waals surface area contributed by atoms with Crippen LogP contribution in [0.25, 0.3) is 0 Å². The zero-order chi connectivity index (χ0) is 9.69. The highest BCUT2D eigenvalue weighted by Crippen LogP contribution is 2.33. The van der Waals surface area contributed by atoms with E-state index in [0.29, 0.717) is 0 Å². The molecule has 0 aromatic heterocycles. The van der Waals surface area contributed by atoms with Crippen LogP contribution in [0.2, 0.25) is 0 Å². The molecule has 0 amide bonds. The highest BCUT2D eigenvalue weighted by Gasteiger charge is 2.51. The maximum Gasteiger partial charge on any atom is 0.221 e. The predicted molar refractivity (Wildman–Crippen MR) is 52.7 cm³/mol. The molecule has 2 rings (SSSR count). The van der Waals surface area contributed by atoms with Gasteiger partial charge in [-0.05, 0) is 19.8 Å². The molecule has 0 bridgehead atoms. The second-order valence-electron chi connectivity index (χ2n) is 4.96. The number of fused-ring (bicyclic) bond motifs is 1. The van der Waals surface area contributed by atoms with Crippen molar-refractivity contribution in [3.8, 4) is 0 Å². The molecular formula is C10H18N2O. The Labute approximate surface area is 79.4 Å². The number of nitrogens with one attached hydrogen (secondary N) is 1. The minimum atomic E-state index is -0.408. The second-order valence-corrected chi connectivity index (χ2v) is 4.96. The van der Waals surface area contributed by atoms with E-state index in [1.165, 1.54) is 17.6 Å². The molecule has 0 spiro atoms. The molecule has 74 valence electrons. The number of hydrogen-bond donors (Lipinski definition) is 1. The number of hydrogen-bond acceptors (Lipinski definition) is 2. The molecular weight excluding hydrogens is 164 g/mol. The SMILES string of the molecule is CC12CCCCC1=[N+]([O-])C(C)(C)N2. The van der Waals surface area contributed by atoms with Gasteiger partial charge >= 0.3 is 0 Å². The Bertz CT molecular complexity index is 270. The Morgan fingerprint density at radius 3 is 2.62 bits per heavy atom. The van der Waals surface area contributed by atoms with E-state index in [-0.39, 0.29) is 5.54 Å². The van der Waals surface area contributed by atoms with Crippen LogP contribution in [0, 0.1) is 5.21 Å². The third-order valence-electron chi connectivity index (χ3n) is 3.31. The molecule has 0 aromatic rings. The molecule has 1 heterocycles. The van der Waals surface area contributed by atoms with Gasteiger partial charge in [-0.3, -0.25) is 0 Å². The van der Waals surface area contributed by atoms with E-state index >= 15 is 0 Å². The molecule has 0 radical (unpaired) electrons. The van der Waals surface area contributed by atoms with Crippen molar-refractivity contribution in [3.05, 3.63) is 5.21 Å². The minimum absolute atomic E-state index is 0.0243. The number of rotatable bonds is 0. The van der Waals surface area contributed by atoms with Crippen LogP contribution in [0.15, 0.2) is 0 Å². The highest BCUT2D eigenvalue weighted by atomic mass is 16.5. The van der Waals surface area contributed by atoms with Gasteiger partial charge in [0.2, 0.25) is 5.66 Å². The lowest BCUT2D eigenvalue weighted by Crippen LogP contribution is -2.52. The summed E-state index contributed by atoms with van der Waals surface area (Å²) >= 11 is 0. The highest BCUT2D eigenvalue weighted by molar-refractivity contribution is 5.91. The Kier molecular flexibility index (Phi) is 1.71. The van der Waals surface area contributed by atoms with Crippen LogP contribution in [-0.4, -0.2) is 21.7 Å². The van der Waals surface area contributed by atoms with Crippen molar-refractivity contribution < 1.29 is 4.74 Å². The maximum atomic E-state index is 11.9. The van der Waals surface area contributed by atoms with Gasteiger partial charge in [-0.25, -0.2) is 5.32 Å². The van der Waals surface area contributed by atoms with E-state index < -0.39 is 5.66 Å². The first-order valence-corrected chi connectivity index (χ1v) is 5.09. The van der Waals surface area contributed by atoms with E-state index in [9.17, 15) is 5.21 Å². The molecule has 1 atom stereocenters. The van der Waals surface area contributed by atoms with Crippen LogP contribution in [0.3, 0.4) is 0 Å². The lowest BCUT2D eigenvalue weighted by atomic mass is 9.82. The minimum Gasteiger partial charge on any atom is -0.622 e. The Morgan fingerprint density at radius 2 is 2.00 bits per heavy atom. The molecule has 1 saturated carbocycles. The molecule has 3 heteroatoms. The third kappa shape index (κ3) is 1.17. The largest absolute Gasteiger partial charge is 0.622 e. The molecule has 2 aliphatic rings. The van der Waals surface area contributed by atoms with Crippen LogP contribution >= 0.6 is 0 Å². The summed E-state index contributed by atoms with van der Waals surface area (Å²) in [4.78, 5) is 0. The van der Waals surface area contributed by atoms with E-state index in [1.807, 2.05) is 13.8 Å². The molecule has 1 unspecified atom stereocenters. The van der Waals surface area contributed by atoms with Gasteiger partial charge in [-0.2, -0.15) is 4.74 Å². The van der Waals surface area contributed by atoms with Crippen molar-refractivity contribution in [2.24, 2.45) is 0 Å². The summed E-state index contributed by atoms with van der Waals surface area (Å²) in [5.74, 6) is 0. The summed E-state index contributed by atoms with van der Waals surface area (Å²) in [7, 11) is 0. The molecule has 1 aliphatic heterocycles. The lowest BCUT2D eigenvalue weighted by molar-refractivity contribution is -0.538. The molecule has 0 saturated heterocycles. The van der Waals surface area contributed by atoms with Crippen LogP contribution in [0.4, 0.5) is 0 Å². The van der Waals surface area contributed by atoms with Crippen molar-refractivity contribution in [2.45, 2.75) is 57.7 Å². The van der Waals surface area contributed by atoms with Crippen molar-refractivity contribution in [3.63, 3.8) is 0 Å². The zero-order valence-corrected chi connectivity index (χ0v) is 8.68. The molecule has 13 heavy (non-hydrogen) atoms. The van der Waals surface area contributed by atoms with Gasteiger partial charge in [-0.15, -0.1) is 0 Å². The third-order valence-corrected chi connectivity index (χ3v) is 3.31. The number of hydroxylamine groups is 1. The topological polar surface area (TPSA) is 38.1 Å². The normalized spacial score (nSPS) is 37.8. The fourth-order valence-electron chi connectivity index (χ4n) is 2.71. The Hall–Kier alpha value is -0.570. The van der Waals surface area contributed by atoms with Crippen LogP contribution < -0.4 is 5.32 Å². The summed E-state index contributed by atoms with van der Waals surface area (Å²) < 4.78 is 1.19. The van der Waals surface area contributed by atoms with Crippen LogP contribution in [0.5, 0.6) is 0 Å². The zero-order valence-electron chi connectivity index (χ0n) is 8.68. The molecule has 1 fully saturated rings. The monoisotopic (exact) mass is 182 g/mol. The molecule has 3 nitrogen and oxygen atoms in total. The fourth-order valence-corrected chi connectivity index (χ4v) is 2.71. The summed E-state index contributed by atoms with van der Waals surface area (Å²) in [6, 6.07) is 0. The van der Waals surface area contributed by atoms with Gasteiger partial charge in [0.25, 0.3) is 0 Å². The van der Waals surface area contributed by atoms with Gasteiger partial charge in [0, 0.05) is 20.3 Å². The predicted octanol–water partition coefficient (Wildman–Crippen LogP) is 1.61. The summed E-state index contributed by atoms with van der Waals surface area (Å²) in [6.45, 7) is 6.06. The number of nitrogens with zero attached hydrogens (tertiary/aromatic N) is 1. The summed E-state index contributed by atoms with van der Waals surface area (Å²) in [5.41, 5.74) is 0.626. The van der Waals surface area contributed by atoms with Gasteiger partial charge < -0.3 is 5.21 Å². The van der Waals surface area contributed by atoms with Crippen molar-refractivity contribution in [1.29, 1.82) is 0 Å². The standard InChI is InChI=1S/C10H18N2O/c1-9(2)11-10(3)7-5-4-6-8(10)12(9)13/h11H,4-7H2,1-3H3. The van der Waals surface area contributed by atoms with Gasteiger partial charge in [0.1, 0.15) is 5.54 Å². The second kappa shape index (κ2) is 2.47. The van der Waals surface area contributed by atoms with Crippen LogP contribution in [-0.2, 0) is 0 Å². The summed E-state index contributed by atoms with van der Waals surface area (Å²) in [6.07, 6.45) is 4.47. The summed E-state index contributed by atoms with van der Waals surface area (Å²) in [5, 5.41) is 15.3. The van der Waals surface area contributed by atoms with Gasteiger partial charge in [0.05, 0.1) is 0 Å². The van der Waals surface area contributed by atoms with Crippen LogP contribution in [0.1, 0.15) is 46.5 Å². The smallest absolute Gasteiger partial charge is 0.221 e. The lowest BCUT2D eigenvalue weighted by Gasteiger charge is -2.28. The van der Waals surface area contributed by atoms with Gasteiger partial charge in [0.15, 0.2) is 5.71 Å². The first-order chi connectivity index (χ1) is 5.96. The van der Waals surface area contributed by atoms with Crippen molar-refractivity contribution in [1.82, 2.24) is 5.32 Å². The van der Waals surface area contributed by atoms with E-state index in [0.717, 1.165) is 18.6 Å². The quantitative estimate of drug-likeness (QED) is 0.456. The fraction of sp³-hybridized carbons (Fsp3) is 0.900. The average molecular weight is 182 g/mol. The van der Waals surface area contributed by atoms with Crippen molar-refractivity contribution in [2.75, 3.05) is 0 Å². The first-order valence-electron chi connectivity index (χ1n) is 5.09. The first kappa shape index (κ1) is 9.00. The molecule has 1 N–H and O–H groups in total. The van der Waals surface area contributed by atoms with Gasteiger partial charge in [-0.1, -0.05) is 6.42 Å². The van der Waals surface area contributed by atoms with E-state index in [4.69, 9.17) is 0 Å². The van der Waals surface area contributed by atoms with Crippen molar-refractivity contribution >= 4 is 5.71 Å². The maximum absolute atomic E-state index is 11.9. The van der Waals surface area contributed by atoms with E-state index in [1.54, 1.807) is 0 Å². The average Bonchev–Trinajstić information content (AvgIpc) is 2.19.